The molecule has 1 aliphatic rings. The molecule has 0 atom stereocenters. The van der Waals surface area contributed by atoms with Gasteiger partial charge in [-0.2, -0.15) is 5.21 Å². The van der Waals surface area contributed by atoms with Crippen molar-refractivity contribution < 1.29 is 24.2 Å². The minimum Gasteiger partial charge on any atom is -0.481 e. The normalized spacial score (nSPS) is 14.3. The number of aromatic nitrogens is 7. The van der Waals surface area contributed by atoms with Gasteiger partial charge in [0, 0.05) is 48.5 Å². The average Bonchev–Trinajstić information content (AvgIpc) is 3.79. The number of thiazole rings is 1. The number of alkyl carbamates (subject to hydrolysis) is 1. The first kappa shape index (κ1) is 36.0. The van der Waals surface area contributed by atoms with Gasteiger partial charge in [-0.15, -0.1) is 21.5 Å². The highest BCUT2D eigenvalue weighted by atomic mass is 32.1. The van der Waals surface area contributed by atoms with Crippen molar-refractivity contribution >= 4 is 58.1 Å². The molecule has 5 rings (SSSR count). The van der Waals surface area contributed by atoms with Gasteiger partial charge in [0.15, 0.2) is 11.0 Å². The summed E-state index contributed by atoms with van der Waals surface area (Å²) in [5.41, 5.74) is 0.115. The summed E-state index contributed by atoms with van der Waals surface area (Å²) in [6, 6.07) is 3.09. The van der Waals surface area contributed by atoms with Crippen LogP contribution in [0.25, 0.3) is 17.8 Å². The van der Waals surface area contributed by atoms with Crippen molar-refractivity contribution in [3.05, 3.63) is 56.7 Å². The highest BCUT2D eigenvalue weighted by Crippen LogP contribution is 2.27. The lowest BCUT2D eigenvalue weighted by molar-refractivity contribution is -0.139. The number of rotatable bonds is 12. The lowest BCUT2D eigenvalue weighted by atomic mass is 9.93. The molecule has 18 nitrogen and oxygen atoms in total. The fourth-order valence-electron chi connectivity index (χ4n) is 5.31. The van der Waals surface area contributed by atoms with Crippen molar-refractivity contribution in [2.45, 2.75) is 57.2 Å². The summed E-state index contributed by atoms with van der Waals surface area (Å²) in [7, 11) is 3.20. The van der Waals surface area contributed by atoms with E-state index in [2.05, 4.69) is 46.9 Å². The van der Waals surface area contributed by atoms with Crippen LogP contribution in [0, 0.1) is 0 Å². The van der Waals surface area contributed by atoms with Crippen molar-refractivity contribution in [3.8, 4) is 0 Å². The topological polar surface area (TPSA) is 234 Å². The smallest absolute Gasteiger partial charge is 0.407 e. The number of aromatic amines is 1. The largest absolute Gasteiger partial charge is 0.481 e. The molecule has 5 heterocycles. The molecule has 6 N–H and O–H groups in total. The number of ether oxygens (including phenoxy) is 1. The summed E-state index contributed by atoms with van der Waals surface area (Å²) in [5, 5.41) is 36.7. The fraction of sp³-hybridized carbons (Fsp3) is 0.452. The minimum atomic E-state index is -1.05. The number of carboxylic acid groups (broad SMARTS) is 1. The van der Waals surface area contributed by atoms with Crippen LogP contribution in [-0.4, -0.2) is 104 Å². The summed E-state index contributed by atoms with van der Waals surface area (Å²) in [5.74, 6) is -0.771. The number of nitrogens with zero attached hydrogens (tertiary/aromatic N) is 7. The summed E-state index contributed by atoms with van der Waals surface area (Å²) < 4.78 is 7.00. The Morgan fingerprint density at radius 2 is 1.88 bits per heavy atom. The number of carbonyl (C=O) groups is 3. The molecule has 0 saturated carbocycles. The Kier molecular flexibility index (Phi) is 10.9. The van der Waals surface area contributed by atoms with Crippen LogP contribution in [0.2, 0.25) is 0 Å². The molecule has 266 valence electrons. The van der Waals surface area contributed by atoms with Gasteiger partial charge in [0.25, 0.3) is 11.5 Å². The summed E-state index contributed by atoms with van der Waals surface area (Å²) in [4.78, 5) is 62.3. The zero-order valence-corrected chi connectivity index (χ0v) is 29.1. The van der Waals surface area contributed by atoms with Crippen LogP contribution >= 0.6 is 11.3 Å². The molecule has 1 fully saturated rings. The molecular weight excluding hydrogens is 668 g/mol. The highest BCUT2D eigenvalue weighted by Gasteiger charge is 2.31. The third kappa shape index (κ3) is 8.47. The number of likely N-dealkylation sites (N-methyl/N-ethyl adjacent to an activating group) is 2. The first-order valence-corrected chi connectivity index (χ1v) is 16.7. The van der Waals surface area contributed by atoms with E-state index in [4.69, 9.17) is 9.72 Å². The number of carbonyl (C=O) groups excluding carboxylic acids is 2. The predicted molar refractivity (Wildman–Crippen MR) is 186 cm³/mol. The van der Waals surface area contributed by atoms with Gasteiger partial charge in [0.1, 0.15) is 17.6 Å². The van der Waals surface area contributed by atoms with E-state index in [1.165, 1.54) is 21.9 Å². The van der Waals surface area contributed by atoms with Crippen LogP contribution in [0.4, 0.5) is 15.7 Å². The Morgan fingerprint density at radius 1 is 1.14 bits per heavy atom. The number of piperidine rings is 1. The van der Waals surface area contributed by atoms with Crippen molar-refractivity contribution in [2.75, 3.05) is 43.9 Å². The zero-order valence-electron chi connectivity index (χ0n) is 28.3. The Morgan fingerprint density at radius 3 is 2.50 bits per heavy atom. The van der Waals surface area contributed by atoms with Gasteiger partial charge in [-0.3, -0.25) is 24.1 Å². The van der Waals surface area contributed by atoms with Gasteiger partial charge in [-0.05, 0) is 43.6 Å². The lowest BCUT2D eigenvalue weighted by Gasteiger charge is -2.34. The molecule has 50 heavy (non-hydrogen) atoms. The number of fused-ring (bicyclic) bond motifs is 1. The third-order valence-electron chi connectivity index (χ3n) is 8.32. The summed E-state index contributed by atoms with van der Waals surface area (Å²) in [6.45, 7) is 6.92. The van der Waals surface area contributed by atoms with Crippen LogP contribution in [0.1, 0.15) is 67.5 Å². The van der Waals surface area contributed by atoms with Crippen LogP contribution in [0.15, 0.2) is 28.5 Å². The molecular formula is C31H40N12O6S. The van der Waals surface area contributed by atoms with Crippen LogP contribution < -0.4 is 31.7 Å². The maximum absolute atomic E-state index is 13.8. The highest BCUT2D eigenvalue weighted by molar-refractivity contribution is 7.14. The van der Waals surface area contributed by atoms with Gasteiger partial charge in [-0.1, -0.05) is 20.8 Å². The molecule has 4 aromatic heterocycles. The quantitative estimate of drug-likeness (QED) is 0.115. The van der Waals surface area contributed by atoms with Crippen LogP contribution in [-0.2, 0) is 14.9 Å². The van der Waals surface area contributed by atoms with E-state index in [-0.39, 0.29) is 46.9 Å². The molecule has 2 amide bonds. The number of hydrogen-bond acceptors (Lipinski definition) is 14. The first-order chi connectivity index (χ1) is 23.8. The van der Waals surface area contributed by atoms with Crippen LogP contribution in [0.5, 0.6) is 0 Å². The van der Waals surface area contributed by atoms with E-state index in [1.807, 2.05) is 31.1 Å². The Hall–Kier alpha value is -5.27. The molecule has 0 bridgehead atoms. The Balaban J connectivity index is 1.34. The number of aliphatic carboxylic acids is 1. The monoisotopic (exact) mass is 708 g/mol. The molecule has 0 radical (unpaired) electrons. The van der Waals surface area contributed by atoms with Gasteiger partial charge < -0.3 is 30.7 Å². The Bertz CT molecular complexity index is 1920. The second-order valence-corrected chi connectivity index (χ2v) is 13.6. The van der Waals surface area contributed by atoms with Gasteiger partial charge >= 0.3 is 12.1 Å². The second-order valence-electron chi connectivity index (χ2n) is 12.7. The molecule has 0 spiro atoms. The number of amides is 2. The van der Waals surface area contributed by atoms with Crippen molar-refractivity contribution in [3.63, 3.8) is 0 Å². The molecule has 4 aromatic rings. The molecule has 0 aliphatic carbocycles. The van der Waals surface area contributed by atoms with E-state index in [9.17, 15) is 24.3 Å². The van der Waals surface area contributed by atoms with Crippen molar-refractivity contribution in [1.82, 2.24) is 50.9 Å². The third-order valence-corrected chi connectivity index (χ3v) is 9.08. The second kappa shape index (κ2) is 15.1. The van der Waals surface area contributed by atoms with E-state index in [0.717, 1.165) is 5.69 Å². The molecule has 1 saturated heterocycles. The number of tetrazole rings is 1. The SMILES string of the molecule is CNC(CNC(=O)OC1CCN(c2nc3cc(C(=O)Nc4nc(C(C)(C)C)cs4)ccn3c(=O)c2C=Cc2nn[nH]n2)CC1)(CC(=O)O)NC. The number of hydrogen-bond donors (Lipinski definition) is 6. The van der Waals surface area contributed by atoms with E-state index in [1.54, 1.807) is 38.4 Å². The van der Waals surface area contributed by atoms with E-state index in [0.29, 0.717) is 42.4 Å². The summed E-state index contributed by atoms with van der Waals surface area (Å²) in [6.07, 6.45) is 4.13. The first-order valence-electron chi connectivity index (χ1n) is 15.8. The molecule has 0 unspecified atom stereocenters. The number of H-pyrrole nitrogens is 1. The standard InChI is InChI=1S/C31H40N12O6S/c1-30(2,3)21-16-50-28(35-21)37-26(46)18-8-13-43-23(14-18)36-25(20(27(43)47)6-7-22-38-40-41-39-22)42-11-9-19(10-12-42)49-29(48)34-17-31(32-4,33-5)15-24(44)45/h6-8,13-14,16,19,32-33H,9-12,15,17H2,1-5H3,(H,34,48)(H,44,45)(H,35,37,46)(H,38,39,40,41). The molecule has 1 aliphatic heterocycles. The minimum absolute atomic E-state index is 0.0210. The fourth-order valence-corrected chi connectivity index (χ4v) is 6.24. The summed E-state index contributed by atoms with van der Waals surface area (Å²) >= 11 is 1.34. The zero-order chi connectivity index (χ0) is 36.1. The number of carboxylic acids is 1. The Labute approximate surface area is 290 Å². The average molecular weight is 709 g/mol. The predicted octanol–water partition coefficient (Wildman–Crippen LogP) is 1.69. The maximum atomic E-state index is 13.8. The van der Waals surface area contributed by atoms with Gasteiger partial charge in [-0.25, -0.2) is 14.8 Å². The van der Waals surface area contributed by atoms with E-state index >= 15 is 0 Å². The van der Waals surface area contributed by atoms with Crippen LogP contribution in [0.3, 0.4) is 0 Å². The van der Waals surface area contributed by atoms with Crippen molar-refractivity contribution in [1.29, 1.82) is 0 Å². The maximum Gasteiger partial charge on any atom is 0.407 e. The number of nitrogens with one attached hydrogen (secondary N) is 5. The molecule has 0 aromatic carbocycles. The van der Waals surface area contributed by atoms with E-state index < -0.39 is 23.8 Å². The number of pyridine rings is 1. The number of anilines is 2. The lowest BCUT2D eigenvalue weighted by Crippen LogP contribution is -2.61. The van der Waals surface area contributed by atoms with Gasteiger partial charge in [0.05, 0.1) is 29.9 Å². The molecule has 19 heteroatoms. The van der Waals surface area contributed by atoms with Gasteiger partial charge in [0.2, 0.25) is 0 Å². The van der Waals surface area contributed by atoms with Crippen molar-refractivity contribution in [2.24, 2.45) is 0 Å².